The van der Waals surface area contributed by atoms with E-state index in [-0.39, 0.29) is 12.5 Å². The van der Waals surface area contributed by atoms with Crippen molar-refractivity contribution in [2.24, 2.45) is 0 Å². The molecule has 0 bridgehead atoms. The number of H-pyrrole nitrogens is 2. The molecule has 0 saturated carbocycles. The lowest BCUT2D eigenvalue weighted by molar-refractivity contribution is -0.120. The number of nitrogens with zero attached hydrogens (tertiary/aromatic N) is 4. The van der Waals surface area contributed by atoms with Crippen molar-refractivity contribution in [3.63, 3.8) is 0 Å². The fourth-order valence-electron chi connectivity index (χ4n) is 5.86. The number of nitrogens with one attached hydrogen (secondary N) is 5. The number of carbonyl (C=O) groups excluding carboxylic acids is 4. The first kappa shape index (κ1) is 49.3. The summed E-state index contributed by atoms with van der Waals surface area (Å²) < 4.78 is 8.52. The monoisotopic (exact) mass is 816 g/mol. The van der Waals surface area contributed by atoms with Crippen molar-refractivity contribution in [3.05, 3.63) is 66.4 Å². The number of aromatic nitrogens is 5. The Bertz CT molecular complexity index is 2010. The number of pyridine rings is 1. The Balaban J connectivity index is 0.000000381. The Labute approximate surface area is 348 Å². The van der Waals surface area contributed by atoms with E-state index in [0.29, 0.717) is 25.3 Å². The molecule has 0 aliphatic carbocycles. The number of carbonyl (C=O) groups is 4. The van der Waals surface area contributed by atoms with Gasteiger partial charge in [0.05, 0.1) is 60.6 Å². The average molecular weight is 816 g/mol. The fourth-order valence-corrected chi connectivity index (χ4v) is 5.86. The number of ether oxygens (including phenoxy) is 2. The maximum absolute atomic E-state index is 10.7. The van der Waals surface area contributed by atoms with Crippen molar-refractivity contribution in [2.45, 2.75) is 99.1 Å². The molecule has 15 heteroatoms. The number of rotatable bonds is 11. The van der Waals surface area contributed by atoms with Gasteiger partial charge in [-0.05, 0) is 82.1 Å². The number of aromatic amines is 2. The second kappa shape index (κ2) is 27.0. The van der Waals surface area contributed by atoms with Crippen LogP contribution < -0.4 is 16.0 Å². The van der Waals surface area contributed by atoms with E-state index in [4.69, 9.17) is 9.97 Å². The summed E-state index contributed by atoms with van der Waals surface area (Å²) in [5, 5.41) is 7.10. The maximum Gasteiger partial charge on any atom is 0.407 e. The van der Waals surface area contributed by atoms with Crippen LogP contribution in [0.5, 0.6) is 0 Å². The zero-order valence-corrected chi connectivity index (χ0v) is 36.5. The zero-order chi connectivity index (χ0) is 43.7. The average Bonchev–Trinajstić information content (AvgIpc) is 4.00. The van der Waals surface area contributed by atoms with Crippen LogP contribution in [0, 0.1) is 0 Å². The Morgan fingerprint density at radius 1 is 0.864 bits per heavy atom. The predicted octanol–water partition coefficient (Wildman–Crippen LogP) is 8.13. The number of hydrogen-bond acceptors (Lipinski definition) is 10. The molecule has 6 rings (SSSR count). The number of hydrogen-bond donors (Lipinski definition) is 5. The molecule has 1 aliphatic heterocycles. The molecule has 2 aromatic carbocycles. The van der Waals surface area contributed by atoms with Gasteiger partial charge in [-0.25, -0.2) is 19.6 Å². The predicted molar refractivity (Wildman–Crippen MR) is 235 cm³/mol. The van der Waals surface area contributed by atoms with Gasteiger partial charge in [0.15, 0.2) is 0 Å². The van der Waals surface area contributed by atoms with Gasteiger partial charge in [0.2, 0.25) is 5.91 Å². The van der Waals surface area contributed by atoms with Crippen LogP contribution in [0.1, 0.15) is 98.3 Å². The van der Waals surface area contributed by atoms with E-state index in [0.717, 1.165) is 81.9 Å². The number of fused-ring (bicyclic) bond motifs is 2. The lowest BCUT2D eigenvalue weighted by Gasteiger charge is -2.16. The van der Waals surface area contributed by atoms with Gasteiger partial charge < -0.3 is 40.2 Å². The highest BCUT2D eigenvalue weighted by Gasteiger charge is 2.25. The largest absolute Gasteiger partial charge is 0.453 e. The van der Waals surface area contributed by atoms with Crippen molar-refractivity contribution in [1.82, 2.24) is 45.8 Å². The van der Waals surface area contributed by atoms with Gasteiger partial charge in [0.25, 0.3) is 0 Å². The van der Waals surface area contributed by atoms with Crippen LogP contribution in [0.15, 0.2) is 54.7 Å². The Morgan fingerprint density at radius 3 is 2.05 bits per heavy atom. The molecule has 15 nitrogen and oxygen atoms in total. The Morgan fingerprint density at radius 2 is 1.49 bits per heavy atom. The number of likely N-dealkylation sites (N-methyl/N-ethyl adjacent to an activating group) is 1. The molecule has 5 N–H and O–H groups in total. The van der Waals surface area contributed by atoms with E-state index in [1.54, 1.807) is 13.8 Å². The quantitative estimate of drug-likeness (QED) is 0.0812. The Hall–Kier alpha value is -5.83. The van der Waals surface area contributed by atoms with E-state index in [1.165, 1.54) is 27.1 Å². The molecule has 1 saturated heterocycles. The highest BCUT2D eigenvalue weighted by Crippen LogP contribution is 2.31. The van der Waals surface area contributed by atoms with Crippen LogP contribution in [0.2, 0.25) is 0 Å². The summed E-state index contributed by atoms with van der Waals surface area (Å²) in [6.45, 7) is 15.7. The number of amides is 3. The molecule has 2 unspecified atom stereocenters. The second-order valence-electron chi connectivity index (χ2n) is 13.4. The molecule has 1 fully saturated rings. The molecule has 0 spiro atoms. The first-order chi connectivity index (χ1) is 28.5. The van der Waals surface area contributed by atoms with E-state index >= 15 is 0 Å². The molecule has 0 radical (unpaired) electrons. The third-order valence-corrected chi connectivity index (χ3v) is 8.79. The Kier molecular flexibility index (Phi) is 22.5. The van der Waals surface area contributed by atoms with Gasteiger partial charge in [-0.2, -0.15) is 0 Å². The number of likely N-dealkylation sites (tertiary alicyclic amines) is 1. The van der Waals surface area contributed by atoms with Crippen LogP contribution >= 0.6 is 0 Å². The molecule has 3 aromatic heterocycles. The van der Waals surface area contributed by atoms with Crippen molar-refractivity contribution in [3.8, 4) is 22.4 Å². The van der Waals surface area contributed by atoms with Crippen molar-refractivity contribution >= 4 is 46.4 Å². The SMILES string of the molecule is CC.CCC.CCC(C=O)NC(=O)OC.CCCc1nc2ccc(-c3ccc(-c4ccc5nc(C6CCCN6C)[nH]c5c4)nc3)cc2[nH]1.CCNC(=O)CNC(=O)OC. The topological polar surface area (TPSA) is 196 Å². The molecule has 4 heterocycles. The summed E-state index contributed by atoms with van der Waals surface area (Å²) in [5.41, 5.74) is 8.47. The molecule has 59 heavy (non-hydrogen) atoms. The zero-order valence-electron chi connectivity index (χ0n) is 36.5. The molecular formula is C44H65N9O6. The second-order valence-corrected chi connectivity index (χ2v) is 13.4. The van der Waals surface area contributed by atoms with Gasteiger partial charge in [-0.3, -0.25) is 14.7 Å². The van der Waals surface area contributed by atoms with E-state index < -0.39 is 18.2 Å². The minimum atomic E-state index is -0.601. The normalized spacial score (nSPS) is 13.4. The summed E-state index contributed by atoms with van der Waals surface area (Å²) in [7, 11) is 4.68. The standard InChI is InChI=1S/C27H28N6.C6H12N2O3.C6H11NO3.C3H8.C2H6/c1-3-5-26-29-21-11-7-17(14-23(21)30-26)19-9-10-20(28-16-19)18-8-12-22-24(15-18)32-27(31-22)25-6-4-13-33(25)2;1-3-7-5(9)4-8-6(10)11-2;1-3-5(4-8)7-6(9)10-2;1-3-2;1-2/h7-12,14-16,25H,3-6,13H2,1-2H3,(H,29,30)(H,31,32);3-4H2,1-2H3,(H,7,9)(H,8,10);4-5H,3H2,1-2H3,(H,7,9);3H2,1-2H3;1-2H3. The van der Waals surface area contributed by atoms with Crippen LogP contribution in [-0.2, 0) is 25.5 Å². The van der Waals surface area contributed by atoms with Crippen molar-refractivity contribution in [2.75, 3.05) is 40.9 Å². The van der Waals surface area contributed by atoms with Crippen LogP contribution in [0.4, 0.5) is 9.59 Å². The molecule has 322 valence electrons. The van der Waals surface area contributed by atoms with E-state index in [9.17, 15) is 19.2 Å². The first-order valence-corrected chi connectivity index (χ1v) is 20.6. The lowest BCUT2D eigenvalue weighted by atomic mass is 10.0. The molecular weight excluding hydrogens is 751 g/mol. The van der Waals surface area contributed by atoms with Gasteiger partial charge in [-0.15, -0.1) is 0 Å². The number of aldehydes is 1. The van der Waals surface area contributed by atoms with Gasteiger partial charge in [-0.1, -0.05) is 66.2 Å². The van der Waals surface area contributed by atoms with E-state index in [2.05, 4.69) is 122 Å². The number of methoxy groups -OCH3 is 2. The number of alkyl carbamates (subject to hydrolysis) is 2. The molecule has 1 aliphatic rings. The minimum absolute atomic E-state index is 0.0412. The summed E-state index contributed by atoms with van der Waals surface area (Å²) in [4.78, 5) is 65.3. The number of benzene rings is 2. The molecule has 5 aromatic rings. The third-order valence-electron chi connectivity index (χ3n) is 8.79. The summed E-state index contributed by atoms with van der Waals surface area (Å²) in [5.74, 6) is 1.90. The van der Waals surface area contributed by atoms with Gasteiger partial charge in [0.1, 0.15) is 17.9 Å². The number of aryl methyl sites for hydroxylation is 1. The van der Waals surface area contributed by atoms with Crippen LogP contribution in [-0.4, -0.2) is 101 Å². The first-order valence-electron chi connectivity index (χ1n) is 20.6. The summed E-state index contributed by atoms with van der Waals surface area (Å²) in [6, 6.07) is 16.9. The lowest BCUT2D eigenvalue weighted by Crippen LogP contribution is -2.36. The molecule has 2 atom stereocenters. The smallest absolute Gasteiger partial charge is 0.407 e. The molecule has 3 amide bonds. The highest BCUT2D eigenvalue weighted by atomic mass is 16.5. The van der Waals surface area contributed by atoms with Crippen molar-refractivity contribution in [1.29, 1.82) is 0 Å². The van der Waals surface area contributed by atoms with Gasteiger partial charge in [0, 0.05) is 30.3 Å². The van der Waals surface area contributed by atoms with E-state index in [1.807, 2.05) is 20.0 Å². The maximum atomic E-state index is 10.7. The van der Waals surface area contributed by atoms with Crippen molar-refractivity contribution < 1.29 is 28.7 Å². The highest BCUT2D eigenvalue weighted by molar-refractivity contribution is 5.84. The van der Waals surface area contributed by atoms with Gasteiger partial charge >= 0.3 is 12.2 Å². The minimum Gasteiger partial charge on any atom is -0.453 e. The fraction of sp³-hybridized carbons (Fsp3) is 0.477. The van der Waals surface area contributed by atoms with Crippen LogP contribution in [0.3, 0.4) is 0 Å². The summed E-state index contributed by atoms with van der Waals surface area (Å²) in [6.07, 6.45) is 7.74. The third kappa shape index (κ3) is 15.8. The van der Waals surface area contributed by atoms with Crippen LogP contribution in [0.25, 0.3) is 44.5 Å². The number of imidazole rings is 2. The summed E-state index contributed by atoms with van der Waals surface area (Å²) >= 11 is 0.